The smallest absolute Gasteiger partial charge is 0.337 e. The molecule has 2 saturated heterocycles. The molecule has 3 aliphatic heterocycles. The maximum absolute atomic E-state index is 13.4. The predicted octanol–water partition coefficient (Wildman–Crippen LogP) is 0.248. The molecule has 1 aromatic rings. The monoisotopic (exact) mass is 478 g/mol. The molecule has 1 aromatic carbocycles. The summed E-state index contributed by atoms with van der Waals surface area (Å²) in [5, 5.41) is 24.7. The Morgan fingerprint density at radius 1 is 1.09 bits per heavy atom. The quantitative estimate of drug-likeness (QED) is 0.338. The number of nitrogens with one attached hydrogen (secondary N) is 1. The highest BCUT2D eigenvalue weighted by Gasteiger charge is 2.50. The van der Waals surface area contributed by atoms with E-state index in [9.17, 15) is 24.8 Å². The Labute approximate surface area is 194 Å². The summed E-state index contributed by atoms with van der Waals surface area (Å²) < 4.78 is 21.7. The fraction of sp³-hybridized carbons (Fsp3) is 0.455. The molecular formula is C22H26N2O10. The van der Waals surface area contributed by atoms with E-state index in [-0.39, 0.29) is 41.1 Å². The van der Waals surface area contributed by atoms with Crippen LogP contribution in [-0.4, -0.2) is 72.2 Å². The zero-order valence-corrected chi connectivity index (χ0v) is 18.8. The molecule has 3 heterocycles. The van der Waals surface area contributed by atoms with Crippen molar-refractivity contribution in [3.05, 3.63) is 62.5 Å². The van der Waals surface area contributed by atoms with Gasteiger partial charge in [0, 0.05) is 23.0 Å². The van der Waals surface area contributed by atoms with Gasteiger partial charge in [0.1, 0.15) is 18.3 Å². The number of benzene rings is 1. The summed E-state index contributed by atoms with van der Waals surface area (Å²) in [5.41, 5.74) is 0.808. The first kappa shape index (κ1) is 25.3. The van der Waals surface area contributed by atoms with Gasteiger partial charge in [-0.25, -0.2) is 9.59 Å². The average Bonchev–Trinajstić information content (AvgIpc) is 3.35. The van der Waals surface area contributed by atoms with E-state index in [4.69, 9.17) is 18.9 Å². The van der Waals surface area contributed by atoms with Crippen LogP contribution in [0.1, 0.15) is 25.3 Å². The molecule has 12 nitrogen and oxygen atoms in total. The minimum absolute atomic E-state index is 0. The van der Waals surface area contributed by atoms with Crippen molar-refractivity contribution in [3.63, 3.8) is 0 Å². The van der Waals surface area contributed by atoms with Crippen molar-refractivity contribution in [1.29, 1.82) is 0 Å². The van der Waals surface area contributed by atoms with Gasteiger partial charge < -0.3 is 34.8 Å². The van der Waals surface area contributed by atoms with Crippen molar-refractivity contribution < 1.29 is 44.0 Å². The molecule has 184 valence electrons. The van der Waals surface area contributed by atoms with Crippen LogP contribution < -0.4 is 5.32 Å². The zero-order valence-electron chi connectivity index (χ0n) is 18.8. The van der Waals surface area contributed by atoms with Crippen LogP contribution in [0.15, 0.2) is 46.8 Å². The van der Waals surface area contributed by atoms with Crippen molar-refractivity contribution in [2.24, 2.45) is 0 Å². The van der Waals surface area contributed by atoms with Crippen LogP contribution >= 0.6 is 0 Å². The molecule has 34 heavy (non-hydrogen) atoms. The molecular weight excluding hydrogens is 452 g/mol. The van der Waals surface area contributed by atoms with Gasteiger partial charge in [0.25, 0.3) is 5.69 Å². The van der Waals surface area contributed by atoms with Gasteiger partial charge in [0.05, 0.1) is 42.3 Å². The van der Waals surface area contributed by atoms with Crippen LogP contribution in [0, 0.1) is 10.1 Å². The SMILES string of the molecule is COC(=O)C1=C(C)NC(C)=C(C(=O)O[C@@H]2CO[C@H]3[C@@H]2OC[C@@H]3O)C1c1ccccc1[N+](=O)[O-].O. The highest BCUT2D eigenvalue weighted by Crippen LogP contribution is 2.43. The zero-order chi connectivity index (χ0) is 23.9. The Morgan fingerprint density at radius 2 is 1.71 bits per heavy atom. The Bertz CT molecular complexity index is 1070. The molecule has 2 fully saturated rings. The number of para-hydroxylation sites is 1. The Balaban J connectivity index is 0.00000324. The molecule has 4 rings (SSSR count). The van der Waals surface area contributed by atoms with E-state index in [0.29, 0.717) is 11.4 Å². The second kappa shape index (κ2) is 9.89. The number of carbonyl (C=O) groups excluding carboxylic acids is 2. The van der Waals surface area contributed by atoms with Gasteiger partial charge >= 0.3 is 11.9 Å². The third-order valence-corrected chi connectivity index (χ3v) is 6.07. The lowest BCUT2D eigenvalue weighted by Gasteiger charge is -2.30. The molecule has 0 aliphatic carbocycles. The van der Waals surface area contributed by atoms with E-state index in [2.05, 4.69) is 5.32 Å². The molecule has 0 spiro atoms. The Hall–Kier alpha value is -3.32. The van der Waals surface area contributed by atoms with E-state index in [0.717, 1.165) is 0 Å². The minimum atomic E-state index is -1.10. The van der Waals surface area contributed by atoms with E-state index in [1.807, 2.05) is 0 Å². The number of aliphatic hydroxyl groups excluding tert-OH is 1. The summed E-state index contributed by atoms with van der Waals surface area (Å²) in [6.07, 6.45) is -2.81. The average molecular weight is 478 g/mol. The van der Waals surface area contributed by atoms with E-state index in [1.54, 1.807) is 19.9 Å². The number of nitro benzene ring substituents is 1. The summed E-state index contributed by atoms with van der Waals surface area (Å²) in [4.78, 5) is 37.3. The predicted molar refractivity (Wildman–Crippen MR) is 115 cm³/mol. The maximum atomic E-state index is 13.4. The maximum Gasteiger partial charge on any atom is 0.337 e. The van der Waals surface area contributed by atoms with Crippen LogP contribution in [0.25, 0.3) is 0 Å². The van der Waals surface area contributed by atoms with Crippen molar-refractivity contribution in [3.8, 4) is 0 Å². The lowest BCUT2D eigenvalue weighted by Crippen LogP contribution is -2.37. The number of ether oxygens (including phenoxy) is 4. The fourth-order valence-corrected chi connectivity index (χ4v) is 4.60. The molecule has 1 unspecified atom stereocenters. The number of allylic oxidation sites excluding steroid dienone is 2. The first-order chi connectivity index (χ1) is 15.7. The Kier molecular flexibility index (Phi) is 7.36. The number of nitro groups is 1. The molecule has 12 heteroatoms. The second-order valence-electron chi connectivity index (χ2n) is 8.05. The first-order valence-electron chi connectivity index (χ1n) is 10.4. The molecule has 5 atom stereocenters. The number of carbonyl (C=O) groups is 2. The highest BCUT2D eigenvalue weighted by molar-refractivity contribution is 6.00. The number of hydrogen-bond acceptors (Lipinski definition) is 10. The van der Waals surface area contributed by atoms with Gasteiger partial charge in [-0.3, -0.25) is 10.1 Å². The first-order valence-corrected chi connectivity index (χ1v) is 10.4. The van der Waals surface area contributed by atoms with Crippen LogP contribution in [-0.2, 0) is 28.5 Å². The Morgan fingerprint density at radius 3 is 2.35 bits per heavy atom. The van der Waals surface area contributed by atoms with Gasteiger partial charge in [-0.1, -0.05) is 18.2 Å². The van der Waals surface area contributed by atoms with Crippen molar-refractivity contribution >= 4 is 17.6 Å². The number of nitrogens with zero attached hydrogens (tertiary/aromatic N) is 1. The van der Waals surface area contributed by atoms with Crippen molar-refractivity contribution in [1.82, 2.24) is 5.32 Å². The summed E-state index contributed by atoms with van der Waals surface area (Å²) >= 11 is 0. The number of methoxy groups -OCH3 is 1. The van der Waals surface area contributed by atoms with Crippen LogP contribution in [0.5, 0.6) is 0 Å². The van der Waals surface area contributed by atoms with Gasteiger partial charge in [-0.05, 0) is 13.8 Å². The molecule has 0 amide bonds. The van der Waals surface area contributed by atoms with Gasteiger partial charge in [0.2, 0.25) is 0 Å². The lowest BCUT2D eigenvalue weighted by atomic mass is 9.79. The normalized spacial score (nSPS) is 28.1. The summed E-state index contributed by atoms with van der Waals surface area (Å²) in [6.45, 7) is 3.36. The third kappa shape index (κ3) is 4.28. The van der Waals surface area contributed by atoms with Crippen LogP contribution in [0.4, 0.5) is 5.69 Å². The van der Waals surface area contributed by atoms with Gasteiger partial charge in [-0.2, -0.15) is 0 Å². The number of aliphatic hydroxyl groups is 1. The van der Waals surface area contributed by atoms with Gasteiger partial charge in [-0.15, -0.1) is 0 Å². The molecule has 3 aliphatic rings. The molecule has 4 N–H and O–H groups in total. The summed E-state index contributed by atoms with van der Waals surface area (Å²) in [7, 11) is 1.20. The largest absolute Gasteiger partial charge is 0.466 e. The standard InChI is InChI=1S/C22H24N2O9.H2O/c1-10-16(21(26)30-3)18(12-6-4-5-7-13(12)24(28)29)17(11(2)23-10)22(27)33-15-9-32-19-14(25)8-31-20(15)19;/h4-7,14-15,18-20,23,25H,8-9H2,1-3H3;1H2/t14-,15+,18?,19+,20+;/m0./s1. The minimum Gasteiger partial charge on any atom is -0.466 e. The second-order valence-corrected chi connectivity index (χ2v) is 8.05. The van der Waals surface area contributed by atoms with E-state index < -0.39 is 47.2 Å². The number of hydrogen-bond donors (Lipinski definition) is 2. The number of dihydropyridines is 1. The van der Waals surface area contributed by atoms with Crippen molar-refractivity contribution in [2.75, 3.05) is 20.3 Å². The third-order valence-electron chi connectivity index (χ3n) is 6.07. The molecule has 0 bridgehead atoms. The molecule has 0 saturated carbocycles. The van der Waals surface area contributed by atoms with Crippen LogP contribution in [0.3, 0.4) is 0 Å². The number of rotatable bonds is 5. The van der Waals surface area contributed by atoms with Crippen molar-refractivity contribution in [2.45, 2.75) is 44.2 Å². The van der Waals surface area contributed by atoms with Gasteiger partial charge in [0.15, 0.2) is 6.10 Å². The fourth-order valence-electron chi connectivity index (χ4n) is 4.60. The molecule has 0 aromatic heterocycles. The molecule has 0 radical (unpaired) electrons. The topological polar surface area (TPSA) is 178 Å². The van der Waals surface area contributed by atoms with E-state index in [1.165, 1.54) is 25.3 Å². The lowest BCUT2D eigenvalue weighted by molar-refractivity contribution is -0.385. The summed E-state index contributed by atoms with van der Waals surface area (Å²) in [6, 6.07) is 5.90. The number of esters is 2. The van der Waals surface area contributed by atoms with Crippen LogP contribution in [0.2, 0.25) is 0 Å². The summed E-state index contributed by atoms with van der Waals surface area (Å²) in [5.74, 6) is -2.61. The van der Waals surface area contributed by atoms with E-state index >= 15 is 0 Å². The highest BCUT2D eigenvalue weighted by atomic mass is 16.6. The number of fused-ring (bicyclic) bond motifs is 1.